The molecule has 8 heteroatoms. The molecule has 1 aromatic carbocycles. The fraction of sp³-hybridized carbons (Fsp3) is 0.350. The molecule has 1 fully saturated rings. The number of piperazine rings is 1. The molecule has 7 nitrogen and oxygen atoms in total. The SMILES string of the molecule is COc1nn(C)cc1C(=O)N1CCN(Cc2nc(-c3ccccc3)cs2)CC1. The van der Waals surface area contributed by atoms with Crippen LogP contribution >= 0.6 is 11.3 Å². The van der Waals surface area contributed by atoms with Gasteiger partial charge in [0.15, 0.2) is 0 Å². The van der Waals surface area contributed by atoms with E-state index in [9.17, 15) is 4.79 Å². The Hall–Kier alpha value is -2.71. The van der Waals surface area contributed by atoms with E-state index in [0.29, 0.717) is 24.5 Å². The Morgan fingerprint density at radius 3 is 2.64 bits per heavy atom. The molecule has 0 bridgehead atoms. The van der Waals surface area contributed by atoms with Crippen LogP contribution < -0.4 is 4.74 Å². The summed E-state index contributed by atoms with van der Waals surface area (Å²) in [6.45, 7) is 3.85. The smallest absolute Gasteiger partial charge is 0.261 e. The first kappa shape index (κ1) is 18.6. The molecule has 4 rings (SSSR count). The van der Waals surface area contributed by atoms with E-state index < -0.39 is 0 Å². The van der Waals surface area contributed by atoms with Crippen molar-refractivity contribution >= 4 is 17.2 Å². The number of hydrogen-bond acceptors (Lipinski definition) is 6. The van der Waals surface area contributed by atoms with Crippen LogP contribution in [-0.4, -0.2) is 63.8 Å². The number of benzene rings is 1. The summed E-state index contributed by atoms with van der Waals surface area (Å²) in [6, 6.07) is 10.2. The van der Waals surface area contributed by atoms with Crippen LogP contribution in [0.1, 0.15) is 15.4 Å². The lowest BCUT2D eigenvalue weighted by Crippen LogP contribution is -2.48. The maximum atomic E-state index is 12.8. The highest BCUT2D eigenvalue weighted by Gasteiger charge is 2.26. The molecule has 0 N–H and O–H groups in total. The van der Waals surface area contributed by atoms with E-state index in [-0.39, 0.29) is 5.91 Å². The van der Waals surface area contributed by atoms with E-state index in [4.69, 9.17) is 9.72 Å². The van der Waals surface area contributed by atoms with Crippen molar-refractivity contribution in [1.82, 2.24) is 24.6 Å². The first-order chi connectivity index (χ1) is 13.6. The molecular formula is C20H23N5O2S. The molecule has 1 amide bonds. The number of nitrogens with zero attached hydrogens (tertiary/aromatic N) is 5. The average Bonchev–Trinajstić information content (AvgIpc) is 3.35. The number of aromatic nitrogens is 3. The molecule has 0 radical (unpaired) electrons. The third kappa shape index (κ3) is 3.93. The van der Waals surface area contributed by atoms with Gasteiger partial charge in [0.05, 0.1) is 19.3 Å². The van der Waals surface area contributed by atoms with Crippen LogP contribution in [0.4, 0.5) is 0 Å². The molecule has 0 saturated carbocycles. The van der Waals surface area contributed by atoms with Crippen LogP contribution in [0.25, 0.3) is 11.3 Å². The maximum Gasteiger partial charge on any atom is 0.261 e. The molecule has 0 aliphatic carbocycles. The Balaban J connectivity index is 1.34. The Labute approximate surface area is 168 Å². The number of carbonyl (C=O) groups excluding carboxylic acids is 1. The van der Waals surface area contributed by atoms with E-state index in [1.54, 1.807) is 29.3 Å². The number of amides is 1. The molecule has 1 aliphatic rings. The highest BCUT2D eigenvalue weighted by Crippen LogP contribution is 2.23. The predicted octanol–water partition coefficient (Wildman–Crippen LogP) is 2.51. The molecular weight excluding hydrogens is 374 g/mol. The minimum atomic E-state index is -0.0230. The monoisotopic (exact) mass is 397 g/mol. The second-order valence-electron chi connectivity index (χ2n) is 6.79. The zero-order valence-electron chi connectivity index (χ0n) is 16.0. The number of hydrogen-bond donors (Lipinski definition) is 0. The molecule has 0 spiro atoms. The quantitative estimate of drug-likeness (QED) is 0.662. The van der Waals surface area contributed by atoms with Gasteiger partial charge in [0, 0.05) is 50.4 Å². The van der Waals surface area contributed by atoms with Gasteiger partial charge < -0.3 is 9.64 Å². The number of thiazole rings is 1. The molecule has 0 unspecified atom stereocenters. The van der Waals surface area contributed by atoms with Gasteiger partial charge in [-0.2, -0.15) is 0 Å². The molecule has 3 heterocycles. The second kappa shape index (κ2) is 8.12. The molecule has 2 aromatic heterocycles. The minimum Gasteiger partial charge on any atom is -0.479 e. The average molecular weight is 398 g/mol. The Bertz CT molecular complexity index is 945. The van der Waals surface area contributed by atoms with E-state index in [0.717, 1.165) is 35.9 Å². The molecule has 0 atom stereocenters. The lowest BCUT2D eigenvalue weighted by Gasteiger charge is -2.34. The van der Waals surface area contributed by atoms with Crippen molar-refractivity contribution in [3.63, 3.8) is 0 Å². The second-order valence-corrected chi connectivity index (χ2v) is 7.73. The third-order valence-electron chi connectivity index (χ3n) is 4.86. The van der Waals surface area contributed by atoms with E-state index in [1.807, 2.05) is 23.1 Å². The van der Waals surface area contributed by atoms with E-state index in [2.05, 4.69) is 27.5 Å². The van der Waals surface area contributed by atoms with Gasteiger partial charge in [-0.25, -0.2) is 4.98 Å². The van der Waals surface area contributed by atoms with Crippen LogP contribution in [0.2, 0.25) is 0 Å². The van der Waals surface area contributed by atoms with Crippen molar-refractivity contribution in [2.45, 2.75) is 6.54 Å². The van der Waals surface area contributed by atoms with Crippen molar-refractivity contribution in [3.05, 3.63) is 52.5 Å². The molecule has 1 aliphatic heterocycles. The Morgan fingerprint density at radius 2 is 1.93 bits per heavy atom. The van der Waals surface area contributed by atoms with E-state index in [1.165, 1.54) is 7.11 Å². The van der Waals surface area contributed by atoms with Crippen LogP contribution in [0.5, 0.6) is 5.88 Å². The summed E-state index contributed by atoms with van der Waals surface area (Å²) in [5.41, 5.74) is 2.69. The van der Waals surface area contributed by atoms with Crippen molar-refractivity contribution < 1.29 is 9.53 Å². The number of methoxy groups -OCH3 is 1. The van der Waals surface area contributed by atoms with Crippen LogP contribution in [-0.2, 0) is 13.6 Å². The Morgan fingerprint density at radius 1 is 1.18 bits per heavy atom. The topological polar surface area (TPSA) is 63.5 Å². The number of ether oxygens (including phenoxy) is 1. The summed E-state index contributed by atoms with van der Waals surface area (Å²) >= 11 is 1.69. The van der Waals surface area contributed by atoms with Crippen molar-refractivity contribution in [1.29, 1.82) is 0 Å². The maximum absolute atomic E-state index is 12.8. The first-order valence-corrected chi connectivity index (χ1v) is 10.1. The lowest BCUT2D eigenvalue weighted by molar-refractivity contribution is 0.0625. The highest BCUT2D eigenvalue weighted by molar-refractivity contribution is 7.09. The number of aryl methyl sites for hydroxylation is 1. The van der Waals surface area contributed by atoms with Gasteiger partial charge in [-0.3, -0.25) is 14.4 Å². The van der Waals surface area contributed by atoms with Crippen LogP contribution in [0.15, 0.2) is 41.9 Å². The van der Waals surface area contributed by atoms with Gasteiger partial charge in [0.2, 0.25) is 5.88 Å². The molecule has 3 aromatic rings. The summed E-state index contributed by atoms with van der Waals surface area (Å²) < 4.78 is 6.83. The van der Waals surface area contributed by atoms with Crippen molar-refractivity contribution in [3.8, 4) is 17.1 Å². The predicted molar refractivity (Wildman–Crippen MR) is 108 cm³/mol. The van der Waals surface area contributed by atoms with Gasteiger partial charge in [-0.1, -0.05) is 30.3 Å². The van der Waals surface area contributed by atoms with Gasteiger partial charge in [-0.05, 0) is 0 Å². The summed E-state index contributed by atoms with van der Waals surface area (Å²) in [7, 11) is 3.32. The highest BCUT2D eigenvalue weighted by atomic mass is 32.1. The zero-order chi connectivity index (χ0) is 19.5. The standard InChI is InChI=1S/C20H23N5O2S/c1-23-12-16(19(22-23)27-2)20(26)25-10-8-24(9-11-25)13-18-21-17(14-28-18)15-6-4-3-5-7-15/h3-7,12,14H,8-11,13H2,1-2H3. The lowest BCUT2D eigenvalue weighted by atomic mass is 10.2. The van der Waals surface area contributed by atoms with Gasteiger partial charge >= 0.3 is 0 Å². The van der Waals surface area contributed by atoms with Crippen molar-refractivity contribution in [2.75, 3.05) is 33.3 Å². The van der Waals surface area contributed by atoms with Crippen molar-refractivity contribution in [2.24, 2.45) is 7.05 Å². The summed E-state index contributed by atoms with van der Waals surface area (Å²) in [6.07, 6.45) is 1.72. The third-order valence-corrected chi connectivity index (χ3v) is 5.69. The van der Waals surface area contributed by atoms with Gasteiger partial charge in [0.25, 0.3) is 5.91 Å². The Kier molecular flexibility index (Phi) is 5.40. The summed E-state index contributed by atoms with van der Waals surface area (Å²) in [4.78, 5) is 21.8. The first-order valence-electron chi connectivity index (χ1n) is 9.23. The number of rotatable bonds is 5. The largest absolute Gasteiger partial charge is 0.479 e. The van der Waals surface area contributed by atoms with Crippen LogP contribution in [0.3, 0.4) is 0 Å². The normalized spacial score (nSPS) is 15.0. The summed E-state index contributed by atoms with van der Waals surface area (Å²) in [5.74, 6) is 0.358. The molecule has 28 heavy (non-hydrogen) atoms. The van der Waals surface area contributed by atoms with Gasteiger partial charge in [-0.15, -0.1) is 16.4 Å². The van der Waals surface area contributed by atoms with E-state index >= 15 is 0 Å². The number of carbonyl (C=O) groups is 1. The zero-order valence-corrected chi connectivity index (χ0v) is 16.9. The molecule has 1 saturated heterocycles. The fourth-order valence-corrected chi connectivity index (χ4v) is 4.21. The minimum absolute atomic E-state index is 0.0230. The fourth-order valence-electron chi connectivity index (χ4n) is 3.36. The van der Waals surface area contributed by atoms with Gasteiger partial charge in [0.1, 0.15) is 10.6 Å². The van der Waals surface area contributed by atoms with Crippen LogP contribution in [0, 0.1) is 0 Å². The summed E-state index contributed by atoms with van der Waals surface area (Å²) in [5, 5.41) is 7.39. The molecule has 146 valence electrons.